The summed E-state index contributed by atoms with van der Waals surface area (Å²) in [5, 5.41) is 10.3. The predicted octanol–water partition coefficient (Wildman–Crippen LogP) is 4.08. The minimum absolute atomic E-state index is 0.0843. The molecular formula is C25H27F3N4O4. The first-order valence-corrected chi connectivity index (χ1v) is 11.6. The quantitative estimate of drug-likeness (QED) is 0.479. The van der Waals surface area contributed by atoms with E-state index in [1.165, 1.54) is 24.8 Å². The van der Waals surface area contributed by atoms with E-state index in [1.54, 1.807) is 18.2 Å². The number of nitrogens with two attached hydrogens (primary N) is 1. The van der Waals surface area contributed by atoms with Crippen LogP contribution < -0.4 is 11.1 Å². The van der Waals surface area contributed by atoms with Crippen molar-refractivity contribution < 1.29 is 32.3 Å². The highest BCUT2D eigenvalue weighted by Gasteiger charge is 2.49. The maximum Gasteiger partial charge on any atom is 0.490 e. The van der Waals surface area contributed by atoms with Gasteiger partial charge in [-0.2, -0.15) is 18.2 Å². The molecule has 2 aliphatic rings. The SMILES string of the molecule is Nc1nc2c(C(=O)NCC3CN(Cc4ccccc4)CC34CCC4)cccc2o1.O=C(O)C(F)(F)F. The fourth-order valence-corrected chi connectivity index (χ4v) is 5.04. The predicted molar refractivity (Wildman–Crippen MR) is 126 cm³/mol. The van der Waals surface area contributed by atoms with Gasteiger partial charge in [-0.3, -0.25) is 9.69 Å². The molecule has 36 heavy (non-hydrogen) atoms. The van der Waals surface area contributed by atoms with E-state index in [4.69, 9.17) is 20.1 Å². The molecule has 192 valence electrons. The summed E-state index contributed by atoms with van der Waals surface area (Å²) in [5.41, 5.74) is 8.95. The maximum atomic E-state index is 12.9. The second-order valence-electron chi connectivity index (χ2n) is 9.29. The molecule has 4 N–H and O–H groups in total. The zero-order valence-corrected chi connectivity index (χ0v) is 19.4. The molecule has 1 saturated carbocycles. The molecular weight excluding hydrogens is 477 g/mol. The summed E-state index contributed by atoms with van der Waals surface area (Å²) in [6.45, 7) is 3.81. The zero-order valence-electron chi connectivity index (χ0n) is 19.4. The number of rotatable bonds is 5. The van der Waals surface area contributed by atoms with Crippen molar-refractivity contribution in [1.82, 2.24) is 15.2 Å². The summed E-state index contributed by atoms with van der Waals surface area (Å²) in [6, 6.07) is 16.1. The Kier molecular flexibility index (Phi) is 7.21. The number of likely N-dealkylation sites (tertiary alicyclic amines) is 1. The molecule has 1 aliphatic heterocycles. The van der Waals surface area contributed by atoms with Crippen LogP contribution in [0.15, 0.2) is 52.9 Å². The molecule has 1 spiro atoms. The average molecular weight is 505 g/mol. The molecule has 5 rings (SSSR count). The van der Waals surface area contributed by atoms with E-state index in [2.05, 4.69) is 45.5 Å². The van der Waals surface area contributed by atoms with E-state index in [0.717, 1.165) is 19.6 Å². The van der Waals surface area contributed by atoms with E-state index in [-0.39, 0.29) is 11.9 Å². The van der Waals surface area contributed by atoms with Gasteiger partial charge in [0.25, 0.3) is 11.9 Å². The lowest BCUT2D eigenvalue weighted by atomic mass is 9.63. The topological polar surface area (TPSA) is 122 Å². The van der Waals surface area contributed by atoms with Crippen molar-refractivity contribution in [1.29, 1.82) is 0 Å². The van der Waals surface area contributed by atoms with Gasteiger partial charge in [0.15, 0.2) is 5.58 Å². The summed E-state index contributed by atoms with van der Waals surface area (Å²) >= 11 is 0. The van der Waals surface area contributed by atoms with Crippen molar-refractivity contribution in [2.45, 2.75) is 32.0 Å². The van der Waals surface area contributed by atoms with Gasteiger partial charge < -0.3 is 20.6 Å². The highest BCUT2D eigenvalue weighted by Crippen LogP contribution is 2.51. The number of aromatic nitrogens is 1. The first-order valence-electron chi connectivity index (χ1n) is 11.6. The Morgan fingerprint density at radius 2 is 1.86 bits per heavy atom. The maximum absolute atomic E-state index is 12.9. The first-order chi connectivity index (χ1) is 17.1. The highest BCUT2D eigenvalue weighted by molar-refractivity contribution is 6.04. The van der Waals surface area contributed by atoms with Gasteiger partial charge in [-0.25, -0.2) is 4.79 Å². The van der Waals surface area contributed by atoms with Gasteiger partial charge in [0.2, 0.25) is 0 Å². The number of oxazole rings is 1. The van der Waals surface area contributed by atoms with Crippen molar-refractivity contribution in [3.8, 4) is 0 Å². The average Bonchev–Trinajstić information content (AvgIpc) is 3.37. The largest absolute Gasteiger partial charge is 0.490 e. The highest BCUT2D eigenvalue weighted by atomic mass is 19.4. The third kappa shape index (κ3) is 5.62. The molecule has 0 bridgehead atoms. The summed E-state index contributed by atoms with van der Waals surface area (Å²) in [5.74, 6) is -2.39. The number of aliphatic carboxylic acids is 1. The third-order valence-electron chi connectivity index (χ3n) is 6.91. The van der Waals surface area contributed by atoms with E-state index in [9.17, 15) is 18.0 Å². The van der Waals surface area contributed by atoms with E-state index in [1.807, 2.05) is 0 Å². The number of halogens is 3. The number of hydrogen-bond acceptors (Lipinski definition) is 6. The number of fused-ring (bicyclic) bond motifs is 1. The molecule has 3 aromatic rings. The van der Waals surface area contributed by atoms with Crippen LogP contribution in [0.4, 0.5) is 19.2 Å². The van der Waals surface area contributed by atoms with Crippen LogP contribution in [0.3, 0.4) is 0 Å². The lowest BCUT2D eigenvalue weighted by Crippen LogP contribution is -2.43. The molecule has 2 aromatic carbocycles. The number of nitrogens with one attached hydrogen (secondary N) is 1. The van der Waals surface area contributed by atoms with Crippen LogP contribution in [0.5, 0.6) is 0 Å². The van der Waals surface area contributed by atoms with Gasteiger partial charge in [-0.15, -0.1) is 0 Å². The minimum Gasteiger partial charge on any atom is -0.475 e. The summed E-state index contributed by atoms with van der Waals surface area (Å²) in [4.78, 5) is 28.5. The number of carboxylic acids is 1. The van der Waals surface area contributed by atoms with Crippen LogP contribution >= 0.6 is 0 Å². The number of alkyl halides is 3. The number of nitrogens with zero attached hydrogens (tertiary/aromatic N) is 2. The zero-order chi connectivity index (χ0) is 25.9. The Bertz CT molecular complexity index is 1230. The van der Waals surface area contributed by atoms with Gasteiger partial charge in [-0.05, 0) is 41.9 Å². The molecule has 1 aliphatic carbocycles. The Hall–Kier alpha value is -3.60. The van der Waals surface area contributed by atoms with E-state index in [0.29, 0.717) is 34.5 Å². The number of nitrogen functional groups attached to an aromatic ring is 1. The molecule has 1 unspecified atom stereocenters. The molecule has 1 amide bonds. The molecule has 1 saturated heterocycles. The Balaban J connectivity index is 0.000000384. The van der Waals surface area contributed by atoms with Crippen LogP contribution in [0.1, 0.15) is 35.2 Å². The number of para-hydroxylation sites is 1. The summed E-state index contributed by atoms with van der Waals surface area (Å²) < 4.78 is 37.1. The lowest BCUT2D eigenvalue weighted by molar-refractivity contribution is -0.192. The molecule has 1 atom stereocenters. The minimum atomic E-state index is -5.08. The smallest absolute Gasteiger partial charge is 0.475 e. The van der Waals surface area contributed by atoms with Crippen LogP contribution in [0.25, 0.3) is 11.1 Å². The second kappa shape index (κ2) is 10.2. The normalized spacial score (nSPS) is 18.9. The standard InChI is InChI=1S/C23H26N4O2.C2HF3O2/c24-22-26-20-18(8-4-9-19(20)29-22)21(28)25-12-17-14-27(15-23(17)10-5-11-23)13-16-6-2-1-3-7-16;3-2(4,5)1(6)7/h1-4,6-9,17H,5,10-15H2,(H2,24,26)(H,25,28);(H,6,7). The van der Waals surface area contributed by atoms with Gasteiger partial charge in [-0.1, -0.05) is 42.8 Å². The van der Waals surface area contributed by atoms with Crippen LogP contribution in [-0.2, 0) is 11.3 Å². The van der Waals surface area contributed by atoms with Crippen LogP contribution in [-0.4, -0.2) is 52.7 Å². The summed E-state index contributed by atoms with van der Waals surface area (Å²) in [7, 11) is 0. The van der Waals surface area contributed by atoms with Crippen molar-refractivity contribution in [2.75, 3.05) is 25.4 Å². The third-order valence-corrected chi connectivity index (χ3v) is 6.91. The number of hydrogen-bond donors (Lipinski definition) is 3. The fraction of sp³-hybridized carbons (Fsp3) is 0.400. The number of carbonyl (C=O) groups excluding carboxylic acids is 1. The Morgan fingerprint density at radius 1 is 1.17 bits per heavy atom. The molecule has 2 heterocycles. The van der Waals surface area contributed by atoms with Gasteiger partial charge in [0.05, 0.1) is 5.56 Å². The number of amides is 1. The van der Waals surface area contributed by atoms with Gasteiger partial charge >= 0.3 is 12.1 Å². The lowest BCUT2D eigenvalue weighted by Gasteiger charge is -2.43. The first kappa shape index (κ1) is 25.5. The monoisotopic (exact) mass is 504 g/mol. The van der Waals surface area contributed by atoms with Gasteiger partial charge in [0, 0.05) is 26.2 Å². The van der Waals surface area contributed by atoms with Crippen LogP contribution in [0.2, 0.25) is 0 Å². The number of carboxylic acid groups (broad SMARTS) is 1. The van der Waals surface area contributed by atoms with Crippen molar-refractivity contribution in [3.63, 3.8) is 0 Å². The van der Waals surface area contributed by atoms with E-state index >= 15 is 0 Å². The Labute approximate surface area is 205 Å². The molecule has 8 nitrogen and oxygen atoms in total. The molecule has 1 aromatic heterocycles. The number of anilines is 1. The van der Waals surface area contributed by atoms with Crippen LogP contribution in [0, 0.1) is 11.3 Å². The molecule has 0 radical (unpaired) electrons. The number of benzene rings is 2. The number of carbonyl (C=O) groups is 2. The molecule has 2 fully saturated rings. The van der Waals surface area contributed by atoms with Crippen molar-refractivity contribution in [3.05, 3.63) is 59.7 Å². The fourth-order valence-electron chi connectivity index (χ4n) is 5.04. The van der Waals surface area contributed by atoms with Crippen molar-refractivity contribution in [2.24, 2.45) is 11.3 Å². The summed E-state index contributed by atoms with van der Waals surface area (Å²) in [6.07, 6.45) is -1.27. The Morgan fingerprint density at radius 3 is 2.47 bits per heavy atom. The molecule has 11 heteroatoms. The second-order valence-corrected chi connectivity index (χ2v) is 9.29. The van der Waals surface area contributed by atoms with Crippen molar-refractivity contribution >= 4 is 29.0 Å². The van der Waals surface area contributed by atoms with E-state index < -0.39 is 12.1 Å². The van der Waals surface area contributed by atoms with Gasteiger partial charge in [0.1, 0.15) is 5.52 Å².